The molecule has 0 fully saturated rings. The Morgan fingerprint density at radius 2 is 1.81 bits per heavy atom. The molecular formula is C22H24N2O3. The van der Waals surface area contributed by atoms with E-state index in [1.165, 1.54) is 5.56 Å². The van der Waals surface area contributed by atoms with E-state index in [4.69, 9.17) is 9.47 Å². The second-order valence-electron chi connectivity index (χ2n) is 7.33. The summed E-state index contributed by atoms with van der Waals surface area (Å²) in [6.07, 6.45) is 1.70. The molecule has 0 aliphatic heterocycles. The van der Waals surface area contributed by atoms with Crippen LogP contribution in [0.5, 0.6) is 11.5 Å². The maximum Gasteiger partial charge on any atom is 0.262 e. The van der Waals surface area contributed by atoms with Crippen molar-refractivity contribution >= 4 is 22.5 Å². The summed E-state index contributed by atoms with van der Waals surface area (Å²) in [5, 5.41) is 3.70. The van der Waals surface area contributed by atoms with E-state index < -0.39 is 0 Å². The Balaban J connectivity index is 1.67. The molecule has 0 bridgehead atoms. The Labute approximate surface area is 159 Å². The van der Waals surface area contributed by atoms with E-state index in [1.807, 2.05) is 36.4 Å². The molecule has 3 rings (SSSR count). The third kappa shape index (κ3) is 4.37. The van der Waals surface area contributed by atoms with Gasteiger partial charge in [0, 0.05) is 11.6 Å². The lowest BCUT2D eigenvalue weighted by Crippen LogP contribution is -2.20. The van der Waals surface area contributed by atoms with Gasteiger partial charge >= 0.3 is 0 Å². The van der Waals surface area contributed by atoms with E-state index >= 15 is 0 Å². The summed E-state index contributed by atoms with van der Waals surface area (Å²) in [4.78, 5) is 16.7. The highest BCUT2D eigenvalue weighted by Gasteiger charge is 2.14. The van der Waals surface area contributed by atoms with Crippen LogP contribution in [0.4, 0.5) is 5.69 Å². The number of methoxy groups -OCH3 is 1. The number of carbonyl (C=O) groups excluding carboxylic acids is 1. The number of aromatic nitrogens is 1. The van der Waals surface area contributed by atoms with Crippen LogP contribution in [0.2, 0.25) is 0 Å². The topological polar surface area (TPSA) is 60.5 Å². The zero-order chi connectivity index (χ0) is 19.4. The van der Waals surface area contributed by atoms with Gasteiger partial charge in [-0.3, -0.25) is 9.78 Å². The third-order valence-electron chi connectivity index (χ3n) is 4.32. The van der Waals surface area contributed by atoms with Crippen LogP contribution in [-0.2, 0) is 10.2 Å². The van der Waals surface area contributed by atoms with Crippen LogP contribution in [-0.4, -0.2) is 24.6 Å². The molecular weight excluding hydrogens is 340 g/mol. The summed E-state index contributed by atoms with van der Waals surface area (Å²) < 4.78 is 10.9. The summed E-state index contributed by atoms with van der Waals surface area (Å²) in [5.41, 5.74) is 2.68. The van der Waals surface area contributed by atoms with E-state index in [0.717, 1.165) is 5.39 Å². The van der Waals surface area contributed by atoms with Crippen molar-refractivity contribution in [3.05, 3.63) is 60.3 Å². The molecule has 5 nitrogen and oxygen atoms in total. The number of hydrogen-bond acceptors (Lipinski definition) is 4. The second kappa shape index (κ2) is 7.66. The van der Waals surface area contributed by atoms with Gasteiger partial charge in [0.2, 0.25) is 0 Å². The van der Waals surface area contributed by atoms with Gasteiger partial charge in [-0.25, -0.2) is 0 Å². The normalized spacial score (nSPS) is 11.3. The van der Waals surface area contributed by atoms with Gasteiger partial charge in [0.05, 0.1) is 12.8 Å². The number of anilines is 1. The first-order valence-corrected chi connectivity index (χ1v) is 8.83. The molecule has 3 aromatic rings. The van der Waals surface area contributed by atoms with Crippen LogP contribution in [0.25, 0.3) is 10.9 Å². The molecule has 0 spiro atoms. The number of nitrogens with zero attached hydrogens (tertiary/aromatic N) is 1. The maximum absolute atomic E-state index is 12.3. The molecule has 5 heteroatoms. The van der Waals surface area contributed by atoms with Crippen molar-refractivity contribution in [2.24, 2.45) is 0 Å². The minimum atomic E-state index is -0.231. The number of ether oxygens (including phenoxy) is 2. The van der Waals surface area contributed by atoms with Crippen LogP contribution in [0.3, 0.4) is 0 Å². The van der Waals surface area contributed by atoms with Gasteiger partial charge in [0.1, 0.15) is 17.0 Å². The van der Waals surface area contributed by atoms with Crippen molar-refractivity contribution in [1.29, 1.82) is 0 Å². The van der Waals surface area contributed by atoms with Gasteiger partial charge < -0.3 is 14.8 Å². The average Bonchev–Trinajstić information content (AvgIpc) is 2.66. The molecule has 1 aromatic heterocycles. The average molecular weight is 364 g/mol. The molecule has 0 saturated heterocycles. The smallest absolute Gasteiger partial charge is 0.262 e. The highest BCUT2D eigenvalue weighted by Crippen LogP contribution is 2.29. The number of fused-ring (bicyclic) bond motifs is 1. The number of nitrogens with one attached hydrogen (secondary N) is 1. The largest absolute Gasteiger partial charge is 0.494 e. The molecule has 27 heavy (non-hydrogen) atoms. The number of pyridine rings is 1. The van der Waals surface area contributed by atoms with Crippen molar-refractivity contribution in [2.75, 3.05) is 19.0 Å². The minimum Gasteiger partial charge on any atom is -0.494 e. The van der Waals surface area contributed by atoms with E-state index in [1.54, 1.807) is 25.4 Å². The predicted molar refractivity (Wildman–Crippen MR) is 108 cm³/mol. The molecule has 1 amide bonds. The van der Waals surface area contributed by atoms with Crippen LogP contribution in [0.1, 0.15) is 26.3 Å². The zero-order valence-corrected chi connectivity index (χ0v) is 16.1. The highest BCUT2D eigenvalue weighted by atomic mass is 16.5. The summed E-state index contributed by atoms with van der Waals surface area (Å²) in [6.45, 7) is 6.40. The first kappa shape index (κ1) is 18.7. The van der Waals surface area contributed by atoms with E-state index in [9.17, 15) is 4.79 Å². The Morgan fingerprint density at radius 1 is 1.07 bits per heavy atom. The quantitative estimate of drug-likeness (QED) is 0.721. The molecule has 0 aliphatic rings. The van der Waals surface area contributed by atoms with Crippen molar-refractivity contribution < 1.29 is 14.3 Å². The third-order valence-corrected chi connectivity index (χ3v) is 4.32. The lowest BCUT2D eigenvalue weighted by atomic mass is 9.87. The van der Waals surface area contributed by atoms with E-state index in [-0.39, 0.29) is 17.9 Å². The summed E-state index contributed by atoms with van der Waals surface area (Å²) in [5.74, 6) is 1.10. The maximum atomic E-state index is 12.3. The van der Waals surface area contributed by atoms with Crippen LogP contribution < -0.4 is 14.8 Å². The summed E-state index contributed by atoms with van der Waals surface area (Å²) >= 11 is 0. The van der Waals surface area contributed by atoms with Gasteiger partial charge in [-0.15, -0.1) is 0 Å². The number of carbonyl (C=O) groups is 1. The lowest BCUT2D eigenvalue weighted by Gasteiger charge is -2.19. The van der Waals surface area contributed by atoms with Crippen molar-refractivity contribution in [3.63, 3.8) is 0 Å². The Hall–Kier alpha value is -3.08. The molecule has 1 heterocycles. The Bertz CT molecular complexity index is 944. The highest BCUT2D eigenvalue weighted by molar-refractivity contribution is 6.03. The number of hydrogen-bond donors (Lipinski definition) is 1. The Kier molecular flexibility index (Phi) is 5.31. The first-order chi connectivity index (χ1) is 12.9. The molecule has 1 N–H and O–H groups in total. The number of benzene rings is 2. The van der Waals surface area contributed by atoms with Crippen LogP contribution >= 0.6 is 0 Å². The predicted octanol–water partition coefficient (Wildman–Crippen LogP) is 4.56. The van der Waals surface area contributed by atoms with Crippen LogP contribution in [0.15, 0.2) is 54.7 Å². The van der Waals surface area contributed by atoms with E-state index in [2.05, 4.69) is 31.1 Å². The Morgan fingerprint density at radius 3 is 2.48 bits per heavy atom. The van der Waals surface area contributed by atoms with Gasteiger partial charge in [-0.05, 0) is 47.4 Å². The molecule has 2 aromatic carbocycles. The molecule has 0 radical (unpaired) electrons. The van der Waals surface area contributed by atoms with Crippen molar-refractivity contribution in [3.8, 4) is 11.5 Å². The summed E-state index contributed by atoms with van der Waals surface area (Å²) in [6, 6.07) is 15.1. The standard InChI is InChI=1S/C22H24N2O3/c1-22(2,3)15-7-9-16(10-8-15)27-14-20(25)24-18-11-12-19(26-4)21-17(18)6-5-13-23-21/h5-13H,14H2,1-4H3,(H,24,25). The number of amides is 1. The van der Waals surface area contributed by atoms with Crippen molar-refractivity contribution in [2.45, 2.75) is 26.2 Å². The summed E-state index contributed by atoms with van der Waals surface area (Å²) in [7, 11) is 1.60. The zero-order valence-electron chi connectivity index (χ0n) is 16.1. The molecule has 0 unspecified atom stereocenters. The van der Waals surface area contributed by atoms with Gasteiger partial charge in [0.15, 0.2) is 6.61 Å². The van der Waals surface area contributed by atoms with Crippen molar-refractivity contribution in [1.82, 2.24) is 4.98 Å². The minimum absolute atomic E-state index is 0.0668. The molecule has 0 saturated carbocycles. The fourth-order valence-electron chi connectivity index (χ4n) is 2.81. The fourth-order valence-corrected chi connectivity index (χ4v) is 2.81. The van der Waals surface area contributed by atoms with E-state index in [0.29, 0.717) is 22.7 Å². The number of rotatable bonds is 5. The SMILES string of the molecule is COc1ccc(NC(=O)COc2ccc(C(C)(C)C)cc2)c2cccnc12. The molecule has 140 valence electrons. The van der Waals surface area contributed by atoms with Gasteiger partial charge in [0.25, 0.3) is 5.91 Å². The van der Waals surface area contributed by atoms with Gasteiger partial charge in [-0.1, -0.05) is 32.9 Å². The lowest BCUT2D eigenvalue weighted by molar-refractivity contribution is -0.118. The second-order valence-corrected chi connectivity index (χ2v) is 7.33. The monoisotopic (exact) mass is 364 g/mol. The van der Waals surface area contributed by atoms with Crippen LogP contribution in [0, 0.1) is 0 Å². The molecule has 0 atom stereocenters. The first-order valence-electron chi connectivity index (χ1n) is 8.83. The van der Waals surface area contributed by atoms with Gasteiger partial charge in [-0.2, -0.15) is 0 Å². The fraction of sp³-hybridized carbons (Fsp3) is 0.273. The molecule has 0 aliphatic carbocycles.